The number of carbonyl (C=O) groups excluding carboxylic acids is 1. The van der Waals surface area contributed by atoms with Crippen molar-refractivity contribution in [1.29, 1.82) is 0 Å². The molecule has 2 atom stereocenters. The van der Waals surface area contributed by atoms with Gasteiger partial charge in [-0.2, -0.15) is 5.10 Å². The molecule has 9 heteroatoms. The number of hydrogen-bond donors (Lipinski definition) is 2. The number of nitrogens with two attached hydrogens (primary N) is 1. The maximum atomic E-state index is 12.6. The molecule has 24 heavy (non-hydrogen) atoms. The second-order valence-corrected chi connectivity index (χ2v) is 5.31. The number of amides is 1. The fourth-order valence-electron chi connectivity index (χ4n) is 2.51. The van der Waals surface area contributed by atoms with Crippen LogP contribution in [0.2, 0.25) is 0 Å². The Labute approximate surface area is 152 Å². The van der Waals surface area contributed by atoms with Crippen LogP contribution in [0.5, 0.6) is 0 Å². The normalized spacial score (nSPS) is 18.2. The number of halogens is 2. The molecule has 132 valence electrons. The van der Waals surface area contributed by atoms with Crippen molar-refractivity contribution in [3.8, 4) is 0 Å². The molecular weight excluding hydrogens is 353 g/mol. The number of H-pyrrole nitrogens is 1. The summed E-state index contributed by atoms with van der Waals surface area (Å²) in [5.41, 5.74) is 6.90. The van der Waals surface area contributed by atoms with Crippen molar-refractivity contribution < 1.29 is 9.53 Å². The van der Waals surface area contributed by atoms with Crippen molar-refractivity contribution in [2.45, 2.75) is 19.1 Å². The molecule has 1 aliphatic heterocycles. The third-order valence-corrected chi connectivity index (χ3v) is 3.71. The van der Waals surface area contributed by atoms with Gasteiger partial charge in [-0.05, 0) is 12.5 Å². The van der Waals surface area contributed by atoms with Crippen LogP contribution in [0.15, 0.2) is 30.3 Å². The topological polar surface area (TPSA) is 97.1 Å². The minimum atomic E-state index is -0.658. The van der Waals surface area contributed by atoms with Gasteiger partial charge in [0.15, 0.2) is 5.82 Å². The molecule has 2 heterocycles. The van der Waals surface area contributed by atoms with E-state index in [1.807, 2.05) is 37.3 Å². The number of aromatic nitrogens is 3. The van der Waals surface area contributed by atoms with Crippen molar-refractivity contribution >= 4 is 30.7 Å². The summed E-state index contributed by atoms with van der Waals surface area (Å²) in [6.07, 6.45) is -0.314. The smallest absolute Gasteiger partial charge is 0.244 e. The van der Waals surface area contributed by atoms with Crippen molar-refractivity contribution in [1.82, 2.24) is 20.1 Å². The van der Waals surface area contributed by atoms with E-state index in [9.17, 15) is 4.79 Å². The SMILES string of the molecule is Cc1nc(C2CN(C(=O)C(N)c3ccccc3)CCO2)n[nH]1.Cl.Cl. The summed E-state index contributed by atoms with van der Waals surface area (Å²) in [6.45, 7) is 3.22. The summed E-state index contributed by atoms with van der Waals surface area (Å²) in [5.74, 6) is 1.19. The molecule has 1 amide bonds. The van der Waals surface area contributed by atoms with Crippen LogP contribution in [-0.2, 0) is 9.53 Å². The number of benzene rings is 1. The summed E-state index contributed by atoms with van der Waals surface area (Å²) < 4.78 is 5.66. The van der Waals surface area contributed by atoms with Crippen LogP contribution < -0.4 is 5.73 Å². The second-order valence-electron chi connectivity index (χ2n) is 5.31. The molecule has 0 bridgehead atoms. The van der Waals surface area contributed by atoms with E-state index in [0.29, 0.717) is 25.5 Å². The number of hydrogen-bond acceptors (Lipinski definition) is 5. The lowest BCUT2D eigenvalue weighted by molar-refractivity contribution is -0.140. The number of aryl methyl sites for hydroxylation is 1. The molecule has 1 aromatic carbocycles. The van der Waals surface area contributed by atoms with Gasteiger partial charge in [0.1, 0.15) is 18.0 Å². The van der Waals surface area contributed by atoms with Gasteiger partial charge in [-0.1, -0.05) is 30.3 Å². The van der Waals surface area contributed by atoms with Crippen molar-refractivity contribution in [3.05, 3.63) is 47.5 Å². The summed E-state index contributed by atoms with van der Waals surface area (Å²) in [7, 11) is 0. The van der Waals surface area contributed by atoms with E-state index in [1.165, 1.54) is 0 Å². The Morgan fingerprint density at radius 1 is 1.38 bits per heavy atom. The van der Waals surface area contributed by atoms with Crippen LogP contribution in [0.25, 0.3) is 0 Å². The first-order valence-corrected chi connectivity index (χ1v) is 7.25. The van der Waals surface area contributed by atoms with Gasteiger partial charge in [-0.3, -0.25) is 9.89 Å². The maximum Gasteiger partial charge on any atom is 0.244 e. The predicted molar refractivity (Wildman–Crippen MR) is 94.3 cm³/mol. The van der Waals surface area contributed by atoms with Gasteiger partial charge >= 0.3 is 0 Å². The number of morpholine rings is 1. The highest BCUT2D eigenvalue weighted by Crippen LogP contribution is 2.22. The molecule has 2 aromatic rings. The number of nitrogens with zero attached hydrogens (tertiary/aromatic N) is 3. The average Bonchev–Trinajstić information content (AvgIpc) is 3.01. The van der Waals surface area contributed by atoms with Crippen LogP contribution in [0.1, 0.15) is 29.4 Å². The lowest BCUT2D eigenvalue weighted by Crippen LogP contribution is -2.46. The molecule has 3 N–H and O–H groups in total. The van der Waals surface area contributed by atoms with E-state index in [1.54, 1.807) is 4.90 Å². The molecule has 1 fully saturated rings. The zero-order valence-electron chi connectivity index (χ0n) is 13.2. The molecule has 3 rings (SSSR count). The van der Waals surface area contributed by atoms with E-state index >= 15 is 0 Å². The highest BCUT2D eigenvalue weighted by Gasteiger charge is 2.30. The Kier molecular flexibility index (Phi) is 7.62. The van der Waals surface area contributed by atoms with E-state index in [-0.39, 0.29) is 36.8 Å². The van der Waals surface area contributed by atoms with Crippen molar-refractivity contribution in [2.75, 3.05) is 19.7 Å². The summed E-state index contributed by atoms with van der Waals surface area (Å²) >= 11 is 0. The fraction of sp³-hybridized carbons (Fsp3) is 0.400. The van der Waals surface area contributed by atoms with Gasteiger partial charge in [0, 0.05) is 6.54 Å². The Morgan fingerprint density at radius 2 is 2.08 bits per heavy atom. The highest BCUT2D eigenvalue weighted by atomic mass is 35.5. The lowest BCUT2D eigenvalue weighted by Gasteiger charge is -2.33. The zero-order valence-corrected chi connectivity index (χ0v) is 14.8. The second kappa shape index (κ2) is 8.98. The van der Waals surface area contributed by atoms with Crippen LogP contribution in [0, 0.1) is 6.92 Å². The molecule has 0 saturated carbocycles. The Morgan fingerprint density at radius 3 is 2.71 bits per heavy atom. The first kappa shape index (κ1) is 20.4. The Hall–Kier alpha value is -1.67. The zero-order chi connectivity index (χ0) is 15.5. The van der Waals surface area contributed by atoms with Gasteiger partial charge in [0.2, 0.25) is 5.91 Å². The molecule has 1 aromatic heterocycles. The fourth-order valence-corrected chi connectivity index (χ4v) is 2.51. The quantitative estimate of drug-likeness (QED) is 0.850. The Balaban J connectivity index is 0.00000144. The molecule has 1 saturated heterocycles. The number of nitrogens with one attached hydrogen (secondary N) is 1. The highest BCUT2D eigenvalue weighted by molar-refractivity contribution is 5.85. The third kappa shape index (κ3) is 4.45. The first-order valence-electron chi connectivity index (χ1n) is 7.25. The lowest BCUT2D eigenvalue weighted by atomic mass is 10.1. The number of carbonyl (C=O) groups is 1. The number of ether oxygens (including phenoxy) is 1. The minimum Gasteiger partial charge on any atom is -0.366 e. The van der Waals surface area contributed by atoms with Gasteiger partial charge in [0.05, 0.1) is 13.2 Å². The monoisotopic (exact) mass is 373 g/mol. The van der Waals surface area contributed by atoms with E-state index in [4.69, 9.17) is 10.5 Å². The molecule has 2 unspecified atom stereocenters. The minimum absolute atomic E-state index is 0. The van der Waals surface area contributed by atoms with Crippen LogP contribution >= 0.6 is 24.8 Å². The Bertz CT molecular complexity index is 652. The van der Waals surface area contributed by atoms with E-state index in [0.717, 1.165) is 11.4 Å². The third-order valence-electron chi connectivity index (χ3n) is 3.71. The summed E-state index contributed by atoms with van der Waals surface area (Å²) in [6, 6.07) is 8.71. The van der Waals surface area contributed by atoms with E-state index in [2.05, 4.69) is 15.2 Å². The molecule has 1 aliphatic rings. The molecule has 0 aliphatic carbocycles. The molecular formula is C15H21Cl2N5O2. The summed E-state index contributed by atoms with van der Waals surface area (Å²) in [4.78, 5) is 18.6. The van der Waals surface area contributed by atoms with E-state index < -0.39 is 6.04 Å². The molecule has 7 nitrogen and oxygen atoms in total. The van der Waals surface area contributed by atoms with Crippen LogP contribution in [0.4, 0.5) is 0 Å². The number of rotatable bonds is 3. The van der Waals surface area contributed by atoms with Gasteiger partial charge < -0.3 is 15.4 Å². The average molecular weight is 374 g/mol. The number of aromatic amines is 1. The first-order chi connectivity index (χ1) is 10.6. The van der Waals surface area contributed by atoms with Crippen molar-refractivity contribution in [2.24, 2.45) is 5.73 Å². The molecule has 0 radical (unpaired) electrons. The van der Waals surface area contributed by atoms with Gasteiger partial charge in [-0.25, -0.2) is 4.98 Å². The standard InChI is InChI=1S/C15H19N5O2.2ClH/c1-10-17-14(19-18-10)12-9-20(7-8-22-12)15(21)13(16)11-5-3-2-4-6-11;;/h2-6,12-13H,7-9,16H2,1H3,(H,17,18,19);2*1H. The largest absolute Gasteiger partial charge is 0.366 e. The maximum absolute atomic E-state index is 12.6. The van der Waals surface area contributed by atoms with Gasteiger partial charge in [-0.15, -0.1) is 24.8 Å². The van der Waals surface area contributed by atoms with Gasteiger partial charge in [0.25, 0.3) is 0 Å². The summed E-state index contributed by atoms with van der Waals surface area (Å²) in [5, 5.41) is 6.90. The molecule has 0 spiro atoms. The predicted octanol–water partition coefficient (Wildman–Crippen LogP) is 1.56. The van der Waals surface area contributed by atoms with Crippen LogP contribution in [-0.4, -0.2) is 45.7 Å². The van der Waals surface area contributed by atoms with Crippen molar-refractivity contribution in [3.63, 3.8) is 0 Å². The van der Waals surface area contributed by atoms with Crippen LogP contribution in [0.3, 0.4) is 0 Å².